The third-order valence-corrected chi connectivity index (χ3v) is 5.95. The molecule has 110 valence electrons. The lowest BCUT2D eigenvalue weighted by Gasteiger charge is -2.44. The van der Waals surface area contributed by atoms with Crippen molar-refractivity contribution in [2.45, 2.75) is 56.7 Å². The predicted octanol–water partition coefficient (Wildman–Crippen LogP) is 4.24. The van der Waals surface area contributed by atoms with Crippen molar-refractivity contribution in [1.29, 1.82) is 0 Å². The van der Waals surface area contributed by atoms with Crippen LogP contribution in [-0.4, -0.2) is 17.3 Å². The Morgan fingerprint density at radius 1 is 1.25 bits per heavy atom. The van der Waals surface area contributed by atoms with E-state index in [-0.39, 0.29) is 5.60 Å². The van der Waals surface area contributed by atoms with Gasteiger partial charge in [-0.05, 0) is 78.8 Å². The van der Waals surface area contributed by atoms with E-state index in [4.69, 9.17) is 4.74 Å². The lowest BCUT2D eigenvalue weighted by molar-refractivity contribution is -0.138. The van der Waals surface area contributed by atoms with Gasteiger partial charge in [-0.25, -0.2) is 0 Å². The summed E-state index contributed by atoms with van der Waals surface area (Å²) in [5, 5.41) is 11.1. The molecule has 2 fully saturated rings. The fourth-order valence-electron chi connectivity index (χ4n) is 3.90. The van der Waals surface area contributed by atoms with E-state index in [1.54, 1.807) is 0 Å². The molecule has 1 aromatic rings. The number of aliphatic hydroxyl groups is 1. The number of ether oxygens (including phenoxy) is 1. The number of halogens is 1. The molecule has 0 radical (unpaired) electrons. The quantitative estimate of drug-likeness (QED) is 0.771. The standard InChI is InChI=1S/C17H23IO2/c1-16(19,13-4-6-15(18)7-5-13)14-8-11-20-17(12-14)9-2-3-10-17/h4-7,14,19H,2-3,8-12H2,1H3. The Morgan fingerprint density at radius 3 is 2.55 bits per heavy atom. The summed E-state index contributed by atoms with van der Waals surface area (Å²) in [5.74, 6) is 0.300. The summed E-state index contributed by atoms with van der Waals surface area (Å²) >= 11 is 2.30. The van der Waals surface area contributed by atoms with Crippen molar-refractivity contribution in [3.05, 3.63) is 33.4 Å². The Hall–Kier alpha value is -0.130. The van der Waals surface area contributed by atoms with Crippen LogP contribution in [0.5, 0.6) is 0 Å². The second kappa shape index (κ2) is 5.58. The smallest absolute Gasteiger partial charge is 0.0898 e. The van der Waals surface area contributed by atoms with Gasteiger partial charge < -0.3 is 9.84 Å². The van der Waals surface area contributed by atoms with Crippen LogP contribution in [0.2, 0.25) is 0 Å². The highest BCUT2D eigenvalue weighted by molar-refractivity contribution is 14.1. The van der Waals surface area contributed by atoms with E-state index < -0.39 is 5.60 Å². The average Bonchev–Trinajstić information content (AvgIpc) is 2.87. The van der Waals surface area contributed by atoms with Crippen molar-refractivity contribution in [2.75, 3.05) is 6.61 Å². The molecule has 2 atom stereocenters. The largest absolute Gasteiger partial charge is 0.385 e. The molecule has 1 aliphatic carbocycles. The SMILES string of the molecule is CC(O)(c1ccc(I)cc1)C1CCOC2(CCCC2)C1. The number of hydrogen-bond acceptors (Lipinski definition) is 2. The molecule has 1 heterocycles. The van der Waals surface area contributed by atoms with E-state index in [0.29, 0.717) is 5.92 Å². The topological polar surface area (TPSA) is 29.5 Å². The van der Waals surface area contributed by atoms with Crippen LogP contribution in [0.3, 0.4) is 0 Å². The molecule has 3 rings (SSSR count). The van der Waals surface area contributed by atoms with E-state index >= 15 is 0 Å². The summed E-state index contributed by atoms with van der Waals surface area (Å²) in [6.45, 7) is 2.78. The van der Waals surface area contributed by atoms with Gasteiger partial charge in [0.25, 0.3) is 0 Å². The normalized spacial score (nSPS) is 28.4. The molecule has 1 saturated heterocycles. The summed E-state index contributed by atoms with van der Waals surface area (Å²) < 4.78 is 7.30. The van der Waals surface area contributed by atoms with Crippen molar-refractivity contribution in [3.63, 3.8) is 0 Å². The van der Waals surface area contributed by atoms with Crippen LogP contribution >= 0.6 is 22.6 Å². The highest BCUT2D eigenvalue weighted by atomic mass is 127. The zero-order valence-corrected chi connectivity index (χ0v) is 14.2. The molecule has 0 amide bonds. The Balaban J connectivity index is 1.81. The Labute approximate surface area is 135 Å². The van der Waals surface area contributed by atoms with Gasteiger partial charge >= 0.3 is 0 Å². The average molecular weight is 386 g/mol. The molecule has 20 heavy (non-hydrogen) atoms. The zero-order valence-electron chi connectivity index (χ0n) is 12.1. The molecule has 1 spiro atoms. The monoisotopic (exact) mass is 386 g/mol. The van der Waals surface area contributed by atoms with Gasteiger partial charge in [0.2, 0.25) is 0 Å². The van der Waals surface area contributed by atoms with Gasteiger partial charge in [-0.15, -0.1) is 0 Å². The molecule has 2 unspecified atom stereocenters. The number of rotatable bonds is 2. The number of benzene rings is 1. The molecule has 3 heteroatoms. The highest BCUT2D eigenvalue weighted by Crippen LogP contribution is 2.47. The summed E-state index contributed by atoms with van der Waals surface area (Å²) in [7, 11) is 0. The first-order valence-corrected chi connectivity index (χ1v) is 8.72. The molecule has 2 nitrogen and oxygen atoms in total. The predicted molar refractivity (Wildman–Crippen MR) is 88.6 cm³/mol. The minimum absolute atomic E-state index is 0.0656. The molecule has 1 N–H and O–H groups in total. The van der Waals surface area contributed by atoms with E-state index in [9.17, 15) is 5.11 Å². The third kappa shape index (κ3) is 2.77. The Morgan fingerprint density at radius 2 is 1.90 bits per heavy atom. The first kappa shape index (κ1) is 14.8. The molecule has 2 aliphatic rings. The summed E-state index contributed by atoms with van der Waals surface area (Å²) in [6, 6.07) is 8.29. The summed E-state index contributed by atoms with van der Waals surface area (Å²) in [6.07, 6.45) is 6.86. The highest BCUT2D eigenvalue weighted by Gasteiger charge is 2.45. The van der Waals surface area contributed by atoms with Crippen LogP contribution < -0.4 is 0 Å². The first-order chi connectivity index (χ1) is 9.52. The van der Waals surface area contributed by atoms with Gasteiger partial charge in [-0.2, -0.15) is 0 Å². The maximum absolute atomic E-state index is 11.1. The van der Waals surface area contributed by atoms with Gasteiger partial charge in [-0.1, -0.05) is 25.0 Å². The van der Waals surface area contributed by atoms with Crippen molar-refractivity contribution < 1.29 is 9.84 Å². The van der Waals surface area contributed by atoms with Crippen LogP contribution in [0, 0.1) is 9.49 Å². The lowest BCUT2D eigenvalue weighted by atomic mass is 9.73. The van der Waals surface area contributed by atoms with E-state index in [2.05, 4.69) is 46.9 Å². The van der Waals surface area contributed by atoms with Gasteiger partial charge in [0.15, 0.2) is 0 Å². The van der Waals surface area contributed by atoms with Crippen molar-refractivity contribution in [2.24, 2.45) is 5.92 Å². The molecule has 1 aliphatic heterocycles. The van der Waals surface area contributed by atoms with Gasteiger partial charge in [-0.3, -0.25) is 0 Å². The van der Waals surface area contributed by atoms with Gasteiger partial charge in [0.1, 0.15) is 0 Å². The maximum Gasteiger partial charge on any atom is 0.0898 e. The summed E-state index contributed by atoms with van der Waals surface area (Å²) in [5.41, 5.74) is 0.359. The molecule has 1 saturated carbocycles. The van der Waals surface area contributed by atoms with Gasteiger partial charge in [0, 0.05) is 10.2 Å². The molecule has 1 aromatic carbocycles. The van der Waals surface area contributed by atoms with E-state index in [0.717, 1.165) is 25.0 Å². The van der Waals surface area contributed by atoms with Crippen molar-refractivity contribution in [1.82, 2.24) is 0 Å². The van der Waals surface area contributed by atoms with Crippen LogP contribution in [-0.2, 0) is 10.3 Å². The van der Waals surface area contributed by atoms with E-state index in [1.165, 1.54) is 29.3 Å². The van der Waals surface area contributed by atoms with Crippen LogP contribution in [0.15, 0.2) is 24.3 Å². The maximum atomic E-state index is 11.1. The zero-order chi connectivity index (χ0) is 14.2. The second-order valence-corrected chi connectivity index (χ2v) is 7.83. The number of hydrogen-bond donors (Lipinski definition) is 1. The minimum Gasteiger partial charge on any atom is -0.385 e. The summed E-state index contributed by atoms with van der Waals surface area (Å²) in [4.78, 5) is 0. The second-order valence-electron chi connectivity index (χ2n) is 6.58. The van der Waals surface area contributed by atoms with Crippen molar-refractivity contribution >= 4 is 22.6 Å². The molecule has 0 aromatic heterocycles. The fourth-order valence-corrected chi connectivity index (χ4v) is 4.26. The Kier molecular flexibility index (Phi) is 4.13. The van der Waals surface area contributed by atoms with Crippen LogP contribution in [0.25, 0.3) is 0 Å². The van der Waals surface area contributed by atoms with Crippen molar-refractivity contribution in [3.8, 4) is 0 Å². The van der Waals surface area contributed by atoms with Crippen LogP contribution in [0.1, 0.15) is 51.0 Å². The lowest BCUT2D eigenvalue weighted by Crippen LogP contribution is -2.44. The first-order valence-electron chi connectivity index (χ1n) is 7.64. The molecule has 0 bridgehead atoms. The third-order valence-electron chi connectivity index (χ3n) is 5.23. The van der Waals surface area contributed by atoms with Crippen LogP contribution in [0.4, 0.5) is 0 Å². The van der Waals surface area contributed by atoms with E-state index in [1.807, 2.05) is 6.92 Å². The Bertz CT molecular complexity index is 460. The fraction of sp³-hybridized carbons (Fsp3) is 0.647. The van der Waals surface area contributed by atoms with Gasteiger partial charge in [0.05, 0.1) is 11.2 Å². The minimum atomic E-state index is -0.746. The molecular formula is C17H23IO2. The molecular weight excluding hydrogens is 363 g/mol.